The summed E-state index contributed by atoms with van der Waals surface area (Å²) in [6.45, 7) is 17.6. The molecular formula is C38H48N4O4. The summed E-state index contributed by atoms with van der Waals surface area (Å²) in [4.78, 5) is 26.2. The van der Waals surface area contributed by atoms with Crippen LogP contribution in [0.4, 0.5) is 0 Å². The van der Waals surface area contributed by atoms with Crippen molar-refractivity contribution in [1.82, 2.24) is 15.0 Å². The minimum atomic E-state index is -0.652. The molecule has 3 aromatic carbocycles. The van der Waals surface area contributed by atoms with E-state index < -0.39 is 6.04 Å². The van der Waals surface area contributed by atoms with Crippen LogP contribution in [0, 0.1) is 52.4 Å². The standard InChI is InChI=1S/C38H48N4O4/c1-9-11-12-29(10-2)20-45-21-30(42-44)22-46-31-13-14-32(33(43)19-31)36-39-37(34-25(5)15-23(3)16-26(34)6)41-38(40-36)35-27(7)17-24(4)18-28(35)8/h13-19,29-30,43H,9-12,20-22H2,1-8H3. The molecule has 4 aromatic rings. The van der Waals surface area contributed by atoms with E-state index in [9.17, 15) is 10.0 Å². The molecule has 8 heteroatoms. The molecule has 0 spiro atoms. The van der Waals surface area contributed by atoms with Gasteiger partial charge < -0.3 is 14.6 Å². The highest BCUT2D eigenvalue weighted by molar-refractivity contribution is 5.74. The van der Waals surface area contributed by atoms with Crippen molar-refractivity contribution >= 4 is 0 Å². The first-order valence-corrected chi connectivity index (χ1v) is 16.3. The third-order valence-electron chi connectivity index (χ3n) is 8.45. The van der Waals surface area contributed by atoms with Crippen LogP contribution in [0.5, 0.6) is 11.5 Å². The van der Waals surface area contributed by atoms with Crippen LogP contribution in [-0.4, -0.2) is 45.9 Å². The van der Waals surface area contributed by atoms with Gasteiger partial charge in [-0.3, -0.25) is 0 Å². The number of phenolic OH excluding ortho intramolecular Hbond substituents is 1. The lowest BCUT2D eigenvalue weighted by atomic mass is 9.97. The molecule has 2 unspecified atom stereocenters. The predicted molar refractivity (Wildman–Crippen MR) is 185 cm³/mol. The van der Waals surface area contributed by atoms with E-state index in [1.807, 2.05) is 0 Å². The first-order valence-electron chi connectivity index (χ1n) is 16.3. The van der Waals surface area contributed by atoms with Gasteiger partial charge in [-0.2, -0.15) is 4.91 Å². The fourth-order valence-electron chi connectivity index (χ4n) is 6.15. The third-order valence-corrected chi connectivity index (χ3v) is 8.45. The highest BCUT2D eigenvalue weighted by Crippen LogP contribution is 2.35. The van der Waals surface area contributed by atoms with Gasteiger partial charge in [0.15, 0.2) is 17.5 Å². The van der Waals surface area contributed by atoms with Crippen LogP contribution in [0.25, 0.3) is 34.2 Å². The fourth-order valence-corrected chi connectivity index (χ4v) is 6.15. The van der Waals surface area contributed by atoms with E-state index in [4.69, 9.17) is 24.4 Å². The largest absolute Gasteiger partial charge is 0.507 e. The van der Waals surface area contributed by atoms with Gasteiger partial charge in [0.05, 0.1) is 12.2 Å². The van der Waals surface area contributed by atoms with E-state index in [0.717, 1.165) is 52.6 Å². The van der Waals surface area contributed by atoms with Gasteiger partial charge in [0.2, 0.25) is 0 Å². The Balaban J connectivity index is 1.62. The van der Waals surface area contributed by atoms with Crippen molar-refractivity contribution < 1.29 is 14.6 Å². The Morgan fingerprint density at radius 2 is 1.28 bits per heavy atom. The summed E-state index contributed by atoms with van der Waals surface area (Å²) >= 11 is 0. The minimum absolute atomic E-state index is 0.0381. The van der Waals surface area contributed by atoms with Crippen molar-refractivity contribution in [3.05, 3.63) is 80.8 Å². The number of unbranched alkanes of at least 4 members (excludes halogenated alkanes) is 1. The number of ether oxygens (including phenoxy) is 2. The first kappa shape index (κ1) is 34.7. The normalized spacial score (nSPS) is 12.6. The lowest BCUT2D eigenvalue weighted by molar-refractivity contribution is 0.0737. The molecule has 0 amide bonds. The lowest BCUT2D eigenvalue weighted by Crippen LogP contribution is -2.23. The minimum Gasteiger partial charge on any atom is -0.507 e. The molecule has 0 radical (unpaired) electrons. The Morgan fingerprint density at radius 1 is 0.739 bits per heavy atom. The lowest BCUT2D eigenvalue weighted by Gasteiger charge is -2.17. The number of phenols is 1. The molecule has 0 saturated carbocycles. The Kier molecular flexibility index (Phi) is 12.0. The van der Waals surface area contributed by atoms with Crippen molar-refractivity contribution in [2.75, 3.05) is 19.8 Å². The van der Waals surface area contributed by atoms with Crippen LogP contribution >= 0.6 is 0 Å². The average Bonchev–Trinajstić information content (AvgIpc) is 2.99. The summed E-state index contributed by atoms with van der Waals surface area (Å²) in [6.07, 6.45) is 4.48. The predicted octanol–water partition coefficient (Wildman–Crippen LogP) is 9.18. The molecule has 46 heavy (non-hydrogen) atoms. The SMILES string of the molecule is CCCCC(CC)COCC(COc1ccc(-c2nc(-c3c(C)cc(C)cc3C)nc(-c3c(C)cc(C)cc3C)n2)c(O)c1)N=O. The van der Waals surface area contributed by atoms with Crippen LogP contribution in [0.15, 0.2) is 47.6 Å². The van der Waals surface area contributed by atoms with Gasteiger partial charge in [-0.15, -0.1) is 0 Å². The third kappa shape index (κ3) is 8.55. The average molecular weight is 625 g/mol. The highest BCUT2D eigenvalue weighted by atomic mass is 16.5. The molecule has 0 saturated heterocycles. The number of aryl methyl sites for hydroxylation is 6. The molecule has 0 aliphatic heterocycles. The molecule has 0 aliphatic carbocycles. The quantitative estimate of drug-likeness (QED) is 0.131. The van der Waals surface area contributed by atoms with Gasteiger partial charge in [-0.05, 0) is 88.3 Å². The van der Waals surface area contributed by atoms with Crippen LogP contribution in [0.1, 0.15) is 72.9 Å². The van der Waals surface area contributed by atoms with Crippen LogP contribution in [0.2, 0.25) is 0 Å². The molecule has 1 heterocycles. The number of benzene rings is 3. The van der Waals surface area contributed by atoms with Gasteiger partial charge >= 0.3 is 0 Å². The second kappa shape index (κ2) is 15.9. The maximum atomic E-state index is 11.5. The molecule has 1 N–H and O–H groups in total. The van der Waals surface area contributed by atoms with Crippen molar-refractivity contribution in [2.45, 2.75) is 87.1 Å². The Hall–Kier alpha value is -4.17. The Bertz CT molecular complexity index is 1550. The maximum absolute atomic E-state index is 11.5. The van der Waals surface area contributed by atoms with E-state index in [2.05, 4.69) is 84.8 Å². The van der Waals surface area contributed by atoms with E-state index in [0.29, 0.717) is 41.3 Å². The summed E-state index contributed by atoms with van der Waals surface area (Å²) in [6, 6.07) is 12.8. The van der Waals surface area contributed by atoms with Crippen molar-refractivity contribution in [1.29, 1.82) is 0 Å². The van der Waals surface area contributed by atoms with E-state index in [1.165, 1.54) is 23.6 Å². The second-order valence-electron chi connectivity index (χ2n) is 12.6. The van der Waals surface area contributed by atoms with Crippen molar-refractivity contribution in [3.63, 3.8) is 0 Å². The Morgan fingerprint density at radius 3 is 1.76 bits per heavy atom. The molecule has 244 valence electrons. The first-order chi connectivity index (χ1) is 22.0. The zero-order valence-corrected chi connectivity index (χ0v) is 28.6. The molecule has 4 rings (SSSR count). The highest BCUT2D eigenvalue weighted by Gasteiger charge is 2.20. The summed E-state index contributed by atoms with van der Waals surface area (Å²) in [7, 11) is 0. The summed E-state index contributed by atoms with van der Waals surface area (Å²) < 4.78 is 11.7. The van der Waals surface area contributed by atoms with Gasteiger partial charge in [0.1, 0.15) is 24.1 Å². The van der Waals surface area contributed by atoms with Gasteiger partial charge in [-0.25, -0.2) is 15.0 Å². The molecule has 2 atom stereocenters. The maximum Gasteiger partial charge on any atom is 0.167 e. The zero-order valence-electron chi connectivity index (χ0n) is 28.6. The summed E-state index contributed by atoms with van der Waals surface area (Å²) in [5.74, 6) is 2.31. The van der Waals surface area contributed by atoms with Crippen molar-refractivity contribution in [2.24, 2.45) is 11.1 Å². The molecular weight excluding hydrogens is 576 g/mol. The van der Waals surface area contributed by atoms with Crippen molar-refractivity contribution in [3.8, 4) is 45.7 Å². The number of aromatic hydroxyl groups is 1. The summed E-state index contributed by atoms with van der Waals surface area (Å²) in [5, 5.41) is 14.4. The molecule has 8 nitrogen and oxygen atoms in total. The van der Waals surface area contributed by atoms with Gasteiger partial charge in [0, 0.05) is 23.8 Å². The van der Waals surface area contributed by atoms with E-state index >= 15 is 0 Å². The number of aromatic nitrogens is 3. The van der Waals surface area contributed by atoms with Crippen LogP contribution in [0.3, 0.4) is 0 Å². The van der Waals surface area contributed by atoms with E-state index in [1.54, 1.807) is 12.1 Å². The molecule has 0 fully saturated rings. The van der Waals surface area contributed by atoms with Gasteiger partial charge in [0.25, 0.3) is 0 Å². The monoisotopic (exact) mass is 624 g/mol. The van der Waals surface area contributed by atoms with Gasteiger partial charge in [-0.1, -0.05) is 73.7 Å². The molecule has 0 aliphatic rings. The number of nitroso groups, excluding NO2 is 1. The topological polar surface area (TPSA) is 107 Å². The Labute approximate surface area is 273 Å². The summed E-state index contributed by atoms with van der Waals surface area (Å²) in [5.41, 5.74) is 8.96. The van der Waals surface area contributed by atoms with Crippen LogP contribution < -0.4 is 4.74 Å². The molecule has 0 bridgehead atoms. The molecule has 1 aromatic heterocycles. The fraction of sp³-hybridized carbons (Fsp3) is 0.447. The van der Waals surface area contributed by atoms with E-state index in [-0.39, 0.29) is 19.0 Å². The number of rotatable bonds is 15. The number of hydrogen-bond donors (Lipinski definition) is 1. The number of nitrogens with zero attached hydrogens (tertiary/aromatic N) is 4. The number of hydrogen-bond acceptors (Lipinski definition) is 8. The van der Waals surface area contributed by atoms with Crippen LogP contribution in [-0.2, 0) is 4.74 Å². The second-order valence-corrected chi connectivity index (χ2v) is 12.6. The zero-order chi connectivity index (χ0) is 33.4. The smallest absolute Gasteiger partial charge is 0.167 e.